The van der Waals surface area contributed by atoms with E-state index in [9.17, 15) is 34.5 Å². The van der Waals surface area contributed by atoms with Crippen LogP contribution in [0.3, 0.4) is 0 Å². The minimum Gasteiger partial charge on any atom is -0.508 e. The lowest BCUT2D eigenvalue weighted by Gasteiger charge is -2.24. The molecule has 5 unspecified atom stereocenters. The van der Waals surface area contributed by atoms with E-state index < -0.39 is 54.0 Å². The number of hydrogen-bond donors (Lipinski definition) is 8. The Kier molecular flexibility index (Phi) is 9.73. The molecule has 0 saturated carbocycles. The zero-order chi connectivity index (χ0) is 26.1. The molecule has 0 spiro atoms. The fourth-order valence-electron chi connectivity index (χ4n) is 3.13. The number of carbonyl (C=O) groups is 4. The molecule has 1 aromatic carbocycles. The Hall–Kier alpha value is -3.97. The normalized spacial score (nSPS) is 15.2. The van der Waals surface area contributed by atoms with E-state index in [-0.39, 0.29) is 18.6 Å². The Morgan fingerprint density at radius 1 is 1.00 bits per heavy atom. The number of aromatic hydroxyl groups is 1. The molecule has 1 heterocycles. The Balaban J connectivity index is 2.08. The van der Waals surface area contributed by atoms with Gasteiger partial charge in [0.1, 0.15) is 17.8 Å². The highest BCUT2D eigenvalue weighted by atomic mass is 16.4. The average Bonchev–Trinajstić information content (AvgIpc) is 3.30. The molecule has 0 fully saturated rings. The fraction of sp³-hybridized carbons (Fsp3) is 0.409. The van der Waals surface area contributed by atoms with Crippen molar-refractivity contribution in [1.82, 2.24) is 25.9 Å². The molecule has 190 valence electrons. The van der Waals surface area contributed by atoms with Gasteiger partial charge in [0, 0.05) is 24.7 Å². The molecule has 2 rings (SSSR count). The molecular formula is C22H30N6O7. The van der Waals surface area contributed by atoms with Crippen molar-refractivity contribution < 1.29 is 34.5 Å². The van der Waals surface area contributed by atoms with E-state index in [1.54, 1.807) is 0 Å². The van der Waals surface area contributed by atoms with Crippen molar-refractivity contribution in [3.05, 3.63) is 48.0 Å². The molecule has 0 aliphatic carbocycles. The lowest BCUT2D eigenvalue weighted by Crippen LogP contribution is -2.58. The van der Waals surface area contributed by atoms with E-state index in [2.05, 4.69) is 25.9 Å². The van der Waals surface area contributed by atoms with Crippen LogP contribution in [-0.4, -0.2) is 79.2 Å². The summed E-state index contributed by atoms with van der Waals surface area (Å²) >= 11 is 0. The molecule has 0 bridgehead atoms. The maximum absolute atomic E-state index is 12.8. The second-order valence-electron chi connectivity index (χ2n) is 8.11. The highest BCUT2D eigenvalue weighted by Gasteiger charge is 2.31. The number of nitrogens with zero attached hydrogens (tertiary/aromatic N) is 1. The van der Waals surface area contributed by atoms with Crippen LogP contribution in [-0.2, 0) is 32.0 Å². The van der Waals surface area contributed by atoms with Gasteiger partial charge in [0.15, 0.2) is 6.04 Å². The monoisotopic (exact) mass is 490 g/mol. The third kappa shape index (κ3) is 8.39. The molecule has 35 heavy (non-hydrogen) atoms. The molecule has 0 saturated heterocycles. The summed E-state index contributed by atoms with van der Waals surface area (Å²) in [5, 5.41) is 35.6. The van der Waals surface area contributed by atoms with Gasteiger partial charge in [-0.25, -0.2) is 9.78 Å². The molecule has 3 amide bonds. The van der Waals surface area contributed by atoms with Crippen LogP contribution in [0.15, 0.2) is 36.8 Å². The number of hydrogen-bond acceptors (Lipinski definition) is 8. The first kappa shape index (κ1) is 27.3. The van der Waals surface area contributed by atoms with Gasteiger partial charge in [0.2, 0.25) is 17.7 Å². The Labute approximate surface area is 201 Å². The highest BCUT2D eigenvalue weighted by molar-refractivity contribution is 5.94. The Morgan fingerprint density at radius 3 is 2.20 bits per heavy atom. The van der Waals surface area contributed by atoms with Crippen LogP contribution >= 0.6 is 0 Å². The van der Waals surface area contributed by atoms with E-state index in [1.165, 1.54) is 50.6 Å². The van der Waals surface area contributed by atoms with Crippen LogP contribution < -0.4 is 21.7 Å². The number of carboxylic acid groups (broad SMARTS) is 1. The zero-order valence-electron chi connectivity index (χ0n) is 19.3. The third-order valence-electron chi connectivity index (χ3n) is 5.14. The molecule has 2 aromatic rings. The van der Waals surface area contributed by atoms with Gasteiger partial charge in [-0.1, -0.05) is 12.1 Å². The number of aliphatic carboxylic acids is 1. The molecule has 0 radical (unpaired) electrons. The largest absolute Gasteiger partial charge is 0.508 e. The number of nitrogens with two attached hydrogens (primary N) is 1. The Morgan fingerprint density at radius 2 is 1.66 bits per heavy atom. The highest BCUT2D eigenvalue weighted by Crippen LogP contribution is 2.12. The van der Waals surface area contributed by atoms with Crippen LogP contribution in [0.5, 0.6) is 5.75 Å². The van der Waals surface area contributed by atoms with E-state index in [1.807, 2.05) is 0 Å². The van der Waals surface area contributed by atoms with E-state index in [4.69, 9.17) is 5.73 Å². The molecule has 9 N–H and O–H groups in total. The van der Waals surface area contributed by atoms with Crippen molar-refractivity contribution in [2.45, 2.75) is 57.0 Å². The molecule has 0 aliphatic rings. The van der Waals surface area contributed by atoms with Crippen molar-refractivity contribution in [2.75, 3.05) is 0 Å². The first-order chi connectivity index (χ1) is 16.5. The van der Waals surface area contributed by atoms with Crippen molar-refractivity contribution in [2.24, 2.45) is 5.73 Å². The maximum atomic E-state index is 12.8. The van der Waals surface area contributed by atoms with Gasteiger partial charge in [-0.05, 0) is 31.5 Å². The number of phenolic OH excluding ortho intramolecular Hbond substituents is 1. The standard InChI is InChI=1S/C22H30N6O7/c1-11(26-20(32)16(23)8-14-9-24-10-25-14)19(31)27-17(7-13-3-5-15(30)6-4-13)21(33)28-18(12(2)29)22(34)35/h3-6,9-12,16-18,29-30H,7-8,23H2,1-2H3,(H,24,25)(H,26,32)(H,27,31)(H,28,33)(H,34,35). The quantitative estimate of drug-likeness (QED) is 0.167. The summed E-state index contributed by atoms with van der Waals surface area (Å²) in [5.41, 5.74) is 7.08. The van der Waals surface area contributed by atoms with E-state index >= 15 is 0 Å². The zero-order valence-corrected chi connectivity index (χ0v) is 19.3. The van der Waals surface area contributed by atoms with Crippen molar-refractivity contribution >= 4 is 23.7 Å². The summed E-state index contributed by atoms with van der Waals surface area (Å²) in [7, 11) is 0. The summed E-state index contributed by atoms with van der Waals surface area (Å²) in [6.07, 6.45) is 1.69. The van der Waals surface area contributed by atoms with Gasteiger partial charge in [-0.15, -0.1) is 0 Å². The molecule has 0 aliphatic heterocycles. The van der Waals surface area contributed by atoms with Crippen LogP contribution in [0.4, 0.5) is 0 Å². The number of H-pyrrole nitrogens is 1. The second kappa shape index (κ2) is 12.5. The van der Waals surface area contributed by atoms with Gasteiger partial charge in [0.25, 0.3) is 0 Å². The number of nitrogens with one attached hydrogen (secondary N) is 4. The summed E-state index contributed by atoms with van der Waals surface area (Å²) in [5.74, 6) is -3.61. The van der Waals surface area contributed by atoms with Crippen LogP contribution in [0.1, 0.15) is 25.1 Å². The third-order valence-corrected chi connectivity index (χ3v) is 5.14. The topological polar surface area (TPSA) is 220 Å². The Bertz CT molecular complexity index is 1010. The number of amides is 3. The molecular weight excluding hydrogens is 460 g/mol. The number of benzene rings is 1. The second-order valence-corrected chi connectivity index (χ2v) is 8.11. The number of phenols is 1. The number of aliphatic hydroxyl groups excluding tert-OH is 1. The molecule has 5 atom stereocenters. The van der Waals surface area contributed by atoms with Crippen molar-refractivity contribution in [1.29, 1.82) is 0 Å². The fourth-order valence-corrected chi connectivity index (χ4v) is 3.13. The molecule has 13 nitrogen and oxygen atoms in total. The van der Waals surface area contributed by atoms with Crippen molar-refractivity contribution in [3.63, 3.8) is 0 Å². The number of carbonyl (C=O) groups excluding carboxylic acids is 3. The molecule has 13 heteroatoms. The van der Waals surface area contributed by atoms with Gasteiger partial charge >= 0.3 is 5.97 Å². The van der Waals surface area contributed by atoms with E-state index in [0.717, 1.165) is 0 Å². The number of aromatic nitrogens is 2. The minimum absolute atomic E-state index is 0.00152. The summed E-state index contributed by atoms with van der Waals surface area (Å²) in [4.78, 5) is 56.0. The number of aliphatic hydroxyl groups is 1. The SMILES string of the molecule is CC(NC(=O)C(N)Cc1cnc[nH]1)C(=O)NC(Cc1ccc(O)cc1)C(=O)NC(C(=O)O)C(C)O. The lowest BCUT2D eigenvalue weighted by atomic mass is 10.0. The van der Waals surface area contributed by atoms with Crippen LogP contribution in [0.25, 0.3) is 0 Å². The maximum Gasteiger partial charge on any atom is 0.328 e. The number of rotatable bonds is 12. The predicted molar refractivity (Wildman–Crippen MR) is 123 cm³/mol. The van der Waals surface area contributed by atoms with E-state index in [0.29, 0.717) is 11.3 Å². The minimum atomic E-state index is -1.60. The first-order valence-corrected chi connectivity index (χ1v) is 10.8. The van der Waals surface area contributed by atoms with Gasteiger partial charge in [-0.3, -0.25) is 14.4 Å². The first-order valence-electron chi connectivity index (χ1n) is 10.8. The summed E-state index contributed by atoms with van der Waals surface area (Å²) < 4.78 is 0. The van der Waals surface area contributed by atoms with Crippen molar-refractivity contribution in [3.8, 4) is 5.75 Å². The van der Waals surface area contributed by atoms with Gasteiger partial charge in [-0.2, -0.15) is 0 Å². The summed E-state index contributed by atoms with van der Waals surface area (Å²) in [6, 6.07) is 0.986. The van der Waals surface area contributed by atoms with Gasteiger partial charge < -0.3 is 42.0 Å². The van der Waals surface area contributed by atoms with Crippen LogP contribution in [0.2, 0.25) is 0 Å². The number of aromatic amines is 1. The average molecular weight is 491 g/mol. The van der Waals surface area contributed by atoms with Crippen LogP contribution in [0, 0.1) is 0 Å². The van der Waals surface area contributed by atoms with Gasteiger partial charge in [0.05, 0.1) is 18.5 Å². The molecule has 1 aromatic heterocycles. The number of imidazole rings is 1. The lowest BCUT2D eigenvalue weighted by molar-refractivity contribution is -0.145. The summed E-state index contributed by atoms with van der Waals surface area (Å²) in [6.45, 7) is 2.61. The number of carboxylic acids is 1. The predicted octanol–water partition coefficient (Wildman–Crippen LogP) is -1.83. The smallest absolute Gasteiger partial charge is 0.328 e.